The van der Waals surface area contributed by atoms with E-state index in [2.05, 4.69) is 4.98 Å². The average molecular weight is 285 g/mol. The lowest BCUT2D eigenvalue weighted by molar-refractivity contribution is 0.0694. The maximum atomic E-state index is 11.2. The first-order chi connectivity index (χ1) is 9.63. The zero-order chi connectivity index (χ0) is 14.1. The molecule has 2 aromatic carbocycles. The van der Waals surface area contributed by atoms with Crippen molar-refractivity contribution in [1.29, 1.82) is 0 Å². The van der Waals surface area contributed by atoms with E-state index in [1.54, 1.807) is 18.2 Å². The number of carboxylic acid groups (broad SMARTS) is 1. The number of aromatic carboxylic acids is 1. The third-order valence-corrected chi connectivity index (χ3v) is 3.75. The highest BCUT2D eigenvalue weighted by Crippen LogP contribution is 2.33. The molecule has 0 spiro atoms. The molecule has 20 heavy (non-hydrogen) atoms. The van der Waals surface area contributed by atoms with Crippen LogP contribution in [-0.4, -0.2) is 16.1 Å². The first-order valence-corrected chi connectivity index (χ1v) is 6.82. The number of hydrogen-bond acceptors (Lipinski definition) is 4. The number of benzene rings is 2. The number of aromatic nitrogens is 1. The summed E-state index contributed by atoms with van der Waals surface area (Å²) in [5.41, 5.74) is 1.91. The van der Waals surface area contributed by atoms with Crippen LogP contribution in [0.3, 0.4) is 0 Å². The molecule has 0 saturated carbocycles. The number of carboxylic acids is 1. The fraction of sp³-hybridized carbons (Fsp3) is 0.0667. The van der Waals surface area contributed by atoms with Crippen molar-refractivity contribution >= 4 is 27.5 Å². The van der Waals surface area contributed by atoms with Crippen LogP contribution in [0.1, 0.15) is 15.9 Å². The summed E-state index contributed by atoms with van der Waals surface area (Å²) in [6, 6.07) is 12.7. The van der Waals surface area contributed by atoms with Crippen LogP contribution in [0.2, 0.25) is 0 Å². The van der Waals surface area contributed by atoms with Gasteiger partial charge in [-0.25, -0.2) is 9.78 Å². The van der Waals surface area contributed by atoms with Gasteiger partial charge in [-0.3, -0.25) is 0 Å². The Morgan fingerprint density at radius 3 is 2.80 bits per heavy atom. The van der Waals surface area contributed by atoms with Crippen molar-refractivity contribution in [3.63, 3.8) is 0 Å². The third-order valence-electron chi connectivity index (χ3n) is 2.84. The van der Waals surface area contributed by atoms with E-state index in [4.69, 9.17) is 4.74 Å². The highest BCUT2D eigenvalue weighted by Gasteiger charge is 2.14. The summed E-state index contributed by atoms with van der Waals surface area (Å²) in [6.07, 6.45) is 0. The molecule has 3 rings (SSSR count). The molecule has 1 N–H and O–H groups in total. The van der Waals surface area contributed by atoms with Crippen LogP contribution in [0.25, 0.3) is 10.2 Å². The standard InChI is InChI=1S/C15H11NO3S/c1-9-6-7-10(14(17)18)12(8-9)19-15-16-11-4-2-3-5-13(11)20-15/h2-8H,1H3,(H,17,18). The van der Waals surface area contributed by atoms with Gasteiger partial charge in [0.2, 0.25) is 0 Å². The van der Waals surface area contributed by atoms with Crippen LogP contribution < -0.4 is 4.74 Å². The Hall–Kier alpha value is -2.40. The minimum atomic E-state index is -1.01. The second-order valence-electron chi connectivity index (χ2n) is 4.35. The molecule has 0 amide bonds. The molecule has 3 aromatic rings. The van der Waals surface area contributed by atoms with E-state index < -0.39 is 5.97 Å². The summed E-state index contributed by atoms with van der Waals surface area (Å²) in [7, 11) is 0. The van der Waals surface area contributed by atoms with E-state index >= 15 is 0 Å². The molecular formula is C15H11NO3S. The maximum absolute atomic E-state index is 11.2. The number of fused-ring (bicyclic) bond motifs is 1. The smallest absolute Gasteiger partial charge is 0.339 e. The molecule has 0 bridgehead atoms. The molecule has 1 aromatic heterocycles. The molecule has 0 unspecified atom stereocenters. The Balaban J connectivity index is 2.01. The largest absolute Gasteiger partial charge is 0.478 e. The minimum absolute atomic E-state index is 0.134. The van der Waals surface area contributed by atoms with Crippen molar-refractivity contribution < 1.29 is 14.6 Å². The molecule has 0 aliphatic rings. The van der Waals surface area contributed by atoms with Gasteiger partial charge in [-0.05, 0) is 36.8 Å². The maximum Gasteiger partial charge on any atom is 0.339 e. The Kier molecular flexibility index (Phi) is 3.12. The Labute approximate surface area is 119 Å². The lowest BCUT2D eigenvalue weighted by Gasteiger charge is -2.06. The number of ether oxygens (including phenoxy) is 1. The predicted octanol–water partition coefficient (Wildman–Crippen LogP) is 4.10. The molecule has 0 aliphatic heterocycles. The second-order valence-corrected chi connectivity index (χ2v) is 5.35. The first-order valence-electron chi connectivity index (χ1n) is 6.01. The van der Waals surface area contributed by atoms with Gasteiger partial charge in [-0.1, -0.05) is 29.5 Å². The van der Waals surface area contributed by atoms with Crippen LogP contribution >= 0.6 is 11.3 Å². The van der Waals surface area contributed by atoms with Gasteiger partial charge in [0.25, 0.3) is 5.19 Å². The summed E-state index contributed by atoms with van der Waals surface area (Å²) >= 11 is 1.39. The Morgan fingerprint density at radius 2 is 2.05 bits per heavy atom. The summed E-state index contributed by atoms with van der Waals surface area (Å²) in [6.45, 7) is 1.89. The highest BCUT2D eigenvalue weighted by atomic mass is 32.1. The molecule has 4 nitrogen and oxygen atoms in total. The van der Waals surface area contributed by atoms with Gasteiger partial charge in [0.1, 0.15) is 11.3 Å². The highest BCUT2D eigenvalue weighted by molar-refractivity contribution is 7.20. The van der Waals surface area contributed by atoms with Gasteiger partial charge < -0.3 is 9.84 Å². The van der Waals surface area contributed by atoms with Crippen LogP contribution in [0, 0.1) is 6.92 Å². The molecule has 1 heterocycles. The minimum Gasteiger partial charge on any atom is -0.478 e. The lowest BCUT2D eigenvalue weighted by atomic mass is 10.1. The number of rotatable bonds is 3. The van der Waals surface area contributed by atoms with Crippen molar-refractivity contribution in [2.75, 3.05) is 0 Å². The van der Waals surface area contributed by atoms with Crippen molar-refractivity contribution in [3.8, 4) is 10.9 Å². The number of aryl methyl sites for hydroxylation is 1. The Bertz CT molecular complexity index is 762. The van der Waals surface area contributed by atoms with E-state index in [0.717, 1.165) is 15.8 Å². The molecule has 0 aliphatic carbocycles. The van der Waals surface area contributed by atoms with Gasteiger partial charge in [0.15, 0.2) is 0 Å². The molecule has 0 saturated heterocycles. The van der Waals surface area contributed by atoms with Crippen LogP contribution in [0.4, 0.5) is 0 Å². The third kappa shape index (κ3) is 2.35. The van der Waals surface area contributed by atoms with Gasteiger partial charge in [0.05, 0.1) is 10.2 Å². The van der Waals surface area contributed by atoms with Crippen molar-refractivity contribution in [2.45, 2.75) is 6.92 Å². The average Bonchev–Trinajstić information content (AvgIpc) is 2.80. The van der Waals surface area contributed by atoms with Crippen LogP contribution in [-0.2, 0) is 0 Å². The molecule has 0 radical (unpaired) electrons. The number of para-hydroxylation sites is 1. The van der Waals surface area contributed by atoms with Crippen LogP contribution in [0.5, 0.6) is 10.9 Å². The zero-order valence-electron chi connectivity index (χ0n) is 10.7. The monoisotopic (exact) mass is 285 g/mol. The van der Waals surface area contributed by atoms with Gasteiger partial charge in [-0.2, -0.15) is 0 Å². The van der Waals surface area contributed by atoms with Crippen molar-refractivity contribution in [2.24, 2.45) is 0 Å². The van der Waals surface area contributed by atoms with Gasteiger partial charge >= 0.3 is 5.97 Å². The normalized spacial score (nSPS) is 10.7. The number of carbonyl (C=O) groups is 1. The van der Waals surface area contributed by atoms with E-state index in [9.17, 15) is 9.90 Å². The van der Waals surface area contributed by atoms with E-state index in [0.29, 0.717) is 10.9 Å². The zero-order valence-corrected chi connectivity index (χ0v) is 11.5. The molecule has 0 fully saturated rings. The van der Waals surface area contributed by atoms with E-state index in [1.807, 2.05) is 31.2 Å². The SMILES string of the molecule is Cc1ccc(C(=O)O)c(Oc2nc3ccccc3s2)c1. The number of hydrogen-bond donors (Lipinski definition) is 1. The number of nitrogens with zero attached hydrogens (tertiary/aromatic N) is 1. The molecule has 5 heteroatoms. The first kappa shape index (κ1) is 12.6. The fourth-order valence-electron chi connectivity index (χ4n) is 1.88. The summed E-state index contributed by atoms with van der Waals surface area (Å²) < 4.78 is 6.67. The predicted molar refractivity (Wildman–Crippen MR) is 77.8 cm³/mol. The van der Waals surface area contributed by atoms with Crippen LogP contribution in [0.15, 0.2) is 42.5 Å². The van der Waals surface area contributed by atoms with E-state index in [1.165, 1.54) is 11.3 Å². The topological polar surface area (TPSA) is 59.4 Å². The quantitative estimate of drug-likeness (QED) is 0.787. The van der Waals surface area contributed by atoms with Gasteiger partial charge in [0, 0.05) is 0 Å². The second kappa shape index (κ2) is 4.94. The van der Waals surface area contributed by atoms with Crippen molar-refractivity contribution in [3.05, 3.63) is 53.6 Å². The number of thiazole rings is 1. The van der Waals surface area contributed by atoms with Crippen molar-refractivity contribution in [1.82, 2.24) is 4.98 Å². The Morgan fingerprint density at radius 1 is 1.25 bits per heavy atom. The molecule has 0 atom stereocenters. The van der Waals surface area contributed by atoms with E-state index in [-0.39, 0.29) is 5.56 Å². The van der Waals surface area contributed by atoms with Gasteiger partial charge in [-0.15, -0.1) is 0 Å². The summed E-state index contributed by atoms with van der Waals surface area (Å²) in [4.78, 5) is 15.5. The lowest BCUT2D eigenvalue weighted by Crippen LogP contribution is -2.00. The fourth-order valence-corrected chi connectivity index (χ4v) is 2.71. The molecule has 100 valence electrons. The molecular weight excluding hydrogens is 274 g/mol. The summed E-state index contributed by atoms with van der Waals surface area (Å²) in [5.74, 6) is -0.697. The summed E-state index contributed by atoms with van der Waals surface area (Å²) in [5, 5.41) is 9.62.